The SMILES string of the molecule is O=P(O)(O)F.[Co]. The fourth-order valence-electron chi connectivity index (χ4n) is 0. The minimum absolute atomic E-state index is 0. The maximum Gasteiger partial charge on any atom is 0.507 e. The predicted molar refractivity (Wildman–Crippen MR) is 13.2 cm³/mol. The summed E-state index contributed by atoms with van der Waals surface area (Å²) in [6, 6.07) is 0. The first kappa shape index (κ1) is 9.77. The van der Waals surface area contributed by atoms with Gasteiger partial charge in [-0.1, -0.05) is 0 Å². The van der Waals surface area contributed by atoms with Gasteiger partial charge in [0.2, 0.25) is 0 Å². The van der Waals surface area contributed by atoms with Crippen LogP contribution in [0.4, 0.5) is 4.20 Å². The van der Waals surface area contributed by atoms with Gasteiger partial charge in [-0.3, -0.25) is 9.79 Å². The van der Waals surface area contributed by atoms with Crippen LogP contribution >= 0.6 is 7.91 Å². The van der Waals surface area contributed by atoms with Gasteiger partial charge in [0.15, 0.2) is 0 Å². The zero-order chi connectivity index (χ0) is 4.50. The van der Waals surface area contributed by atoms with Crippen LogP contribution in [0.3, 0.4) is 0 Å². The third kappa shape index (κ3) is 172. The monoisotopic (exact) mass is 159 g/mol. The minimum Gasteiger partial charge on any atom is -0.299 e. The van der Waals surface area contributed by atoms with Crippen LogP contribution in [0.1, 0.15) is 0 Å². The quantitative estimate of drug-likeness (QED) is 0.490. The average Bonchev–Trinajstić information content (AvgIpc) is 0.722. The molecule has 0 saturated carbocycles. The molecule has 0 aliphatic heterocycles. The number of hydrogen-bond acceptors (Lipinski definition) is 1. The molecule has 0 rings (SSSR count). The summed E-state index contributed by atoms with van der Waals surface area (Å²) in [5, 5.41) is 0. The minimum atomic E-state index is -5.14. The zero-order valence-electron chi connectivity index (χ0n) is 2.46. The second kappa shape index (κ2) is 2.71. The van der Waals surface area contributed by atoms with Crippen LogP contribution in [-0.2, 0) is 21.3 Å². The van der Waals surface area contributed by atoms with E-state index in [1.807, 2.05) is 0 Å². The Hall–Kier alpha value is 0.586. The Balaban J connectivity index is 0. The van der Waals surface area contributed by atoms with E-state index in [4.69, 9.17) is 14.4 Å². The van der Waals surface area contributed by atoms with Crippen molar-refractivity contribution in [3.05, 3.63) is 0 Å². The van der Waals surface area contributed by atoms with Gasteiger partial charge in [0.05, 0.1) is 0 Å². The summed E-state index contributed by atoms with van der Waals surface area (Å²) in [7, 11) is -5.14. The van der Waals surface area contributed by atoms with Gasteiger partial charge in [-0.05, 0) is 0 Å². The summed E-state index contributed by atoms with van der Waals surface area (Å²) in [6.45, 7) is 0. The molecule has 0 heterocycles. The van der Waals surface area contributed by atoms with E-state index >= 15 is 0 Å². The Bertz CT molecular complexity index is 56.9. The molecule has 1 radical (unpaired) electrons. The van der Waals surface area contributed by atoms with Gasteiger partial charge >= 0.3 is 7.91 Å². The Morgan fingerprint density at radius 3 is 1.50 bits per heavy atom. The summed E-state index contributed by atoms with van der Waals surface area (Å²) < 4.78 is 19.0. The van der Waals surface area contributed by atoms with E-state index in [1.54, 1.807) is 0 Å². The van der Waals surface area contributed by atoms with E-state index in [9.17, 15) is 4.20 Å². The van der Waals surface area contributed by atoms with Crippen LogP contribution in [0.2, 0.25) is 0 Å². The summed E-state index contributed by atoms with van der Waals surface area (Å²) in [5.41, 5.74) is 0. The van der Waals surface area contributed by atoms with Crippen LogP contribution in [0.15, 0.2) is 0 Å². The van der Waals surface area contributed by atoms with Crippen LogP contribution in [0.25, 0.3) is 0 Å². The maximum atomic E-state index is 10.4. The van der Waals surface area contributed by atoms with Crippen molar-refractivity contribution >= 4 is 7.91 Å². The van der Waals surface area contributed by atoms with Gasteiger partial charge in [-0.15, -0.1) is 4.20 Å². The van der Waals surface area contributed by atoms with Gasteiger partial charge in [-0.2, -0.15) is 0 Å². The van der Waals surface area contributed by atoms with E-state index in [1.165, 1.54) is 0 Å². The van der Waals surface area contributed by atoms with Crippen LogP contribution in [-0.4, -0.2) is 9.79 Å². The van der Waals surface area contributed by atoms with E-state index in [0.29, 0.717) is 0 Å². The number of hydrogen-bond donors (Lipinski definition) is 2. The number of rotatable bonds is 0. The van der Waals surface area contributed by atoms with Crippen molar-refractivity contribution in [1.82, 2.24) is 0 Å². The van der Waals surface area contributed by atoms with E-state index in [0.717, 1.165) is 0 Å². The first-order chi connectivity index (χ1) is 2.00. The third-order valence-electron chi connectivity index (χ3n) is 0. The molecule has 0 aromatic heterocycles. The van der Waals surface area contributed by atoms with Crippen molar-refractivity contribution in [2.24, 2.45) is 0 Å². The Labute approximate surface area is 44.0 Å². The largest absolute Gasteiger partial charge is 0.507 e. The average molecular weight is 159 g/mol. The summed E-state index contributed by atoms with van der Waals surface area (Å²) in [5.74, 6) is 0. The maximum absolute atomic E-state index is 10.4. The molecule has 0 bridgehead atoms. The zero-order valence-corrected chi connectivity index (χ0v) is 4.40. The Morgan fingerprint density at radius 1 is 1.50 bits per heavy atom. The van der Waals surface area contributed by atoms with Crippen LogP contribution in [0.5, 0.6) is 0 Å². The topological polar surface area (TPSA) is 57.5 Å². The molecule has 0 aromatic rings. The fourth-order valence-corrected chi connectivity index (χ4v) is 0. The molecule has 0 aliphatic carbocycles. The normalized spacial score (nSPS) is 9.83. The van der Waals surface area contributed by atoms with Gasteiger partial charge in [0.25, 0.3) is 0 Å². The van der Waals surface area contributed by atoms with Gasteiger partial charge in [0.1, 0.15) is 0 Å². The molecule has 0 spiro atoms. The number of halogens is 1. The van der Waals surface area contributed by atoms with Gasteiger partial charge < -0.3 is 0 Å². The molecule has 6 heteroatoms. The second-order valence-corrected chi connectivity index (χ2v) is 1.42. The summed E-state index contributed by atoms with van der Waals surface area (Å²) in [6.07, 6.45) is 0. The molecule has 0 amide bonds. The Kier molecular flexibility index (Phi) is 4.41. The van der Waals surface area contributed by atoms with Crippen molar-refractivity contribution in [3.8, 4) is 0 Å². The van der Waals surface area contributed by atoms with E-state index in [2.05, 4.69) is 0 Å². The van der Waals surface area contributed by atoms with Crippen LogP contribution < -0.4 is 0 Å². The molecule has 2 N–H and O–H groups in total. The molecule has 0 aliphatic rings. The standard InChI is InChI=1S/Co.FH2O3P/c;1-5(2,3)4/h;(H2,2,3,4). The smallest absolute Gasteiger partial charge is 0.299 e. The van der Waals surface area contributed by atoms with E-state index < -0.39 is 7.91 Å². The first-order valence-corrected chi connectivity index (χ1v) is 2.25. The summed E-state index contributed by atoms with van der Waals surface area (Å²) in [4.78, 5) is 13.9. The van der Waals surface area contributed by atoms with Gasteiger partial charge in [-0.25, -0.2) is 4.57 Å². The molecule has 41 valence electrons. The molecule has 3 nitrogen and oxygen atoms in total. The van der Waals surface area contributed by atoms with Crippen molar-refractivity contribution in [2.75, 3.05) is 0 Å². The van der Waals surface area contributed by atoms with Crippen molar-refractivity contribution in [2.45, 2.75) is 0 Å². The Morgan fingerprint density at radius 2 is 1.50 bits per heavy atom. The predicted octanol–water partition coefficient (Wildman–Crippen LogP) is 0.0461. The molecule has 0 atom stereocenters. The van der Waals surface area contributed by atoms with Crippen LogP contribution in [0, 0.1) is 0 Å². The first-order valence-electron chi connectivity index (χ1n) is 0.752. The molecule has 0 unspecified atom stereocenters. The molecule has 6 heavy (non-hydrogen) atoms. The summed E-state index contributed by atoms with van der Waals surface area (Å²) >= 11 is 0. The molecular weight excluding hydrogens is 157 g/mol. The molecule has 0 fully saturated rings. The van der Waals surface area contributed by atoms with Crippen molar-refractivity contribution in [1.29, 1.82) is 0 Å². The van der Waals surface area contributed by atoms with Crippen molar-refractivity contribution < 1.29 is 35.3 Å². The third-order valence-corrected chi connectivity index (χ3v) is 0. The fraction of sp³-hybridized carbons (Fsp3) is 0. The van der Waals surface area contributed by atoms with E-state index in [-0.39, 0.29) is 16.8 Å². The molecule has 0 aromatic carbocycles. The molecule has 0 saturated heterocycles. The second-order valence-electron chi connectivity index (χ2n) is 0.473. The van der Waals surface area contributed by atoms with Gasteiger partial charge in [0, 0.05) is 16.8 Å². The van der Waals surface area contributed by atoms with Crippen molar-refractivity contribution in [3.63, 3.8) is 0 Å². The molecular formula is H2CoFO3P.